The van der Waals surface area contributed by atoms with Gasteiger partial charge in [0.2, 0.25) is 0 Å². The van der Waals surface area contributed by atoms with Crippen LogP contribution in [0.5, 0.6) is 0 Å². The molecular weight excluding hydrogens is 304 g/mol. The lowest BCUT2D eigenvalue weighted by molar-refractivity contribution is 0.195. The first-order valence-corrected chi connectivity index (χ1v) is 7.82. The van der Waals surface area contributed by atoms with Crippen LogP contribution in [-0.2, 0) is 0 Å². The average molecular weight is 329 g/mol. The molecule has 0 aromatic heterocycles. The highest BCUT2D eigenvalue weighted by molar-refractivity contribution is 9.10. The second kappa shape index (κ2) is 9.48. The summed E-state index contributed by atoms with van der Waals surface area (Å²) in [5.74, 6) is 0. The van der Waals surface area contributed by atoms with Gasteiger partial charge in [0.05, 0.1) is 6.61 Å². The van der Waals surface area contributed by atoms with Crippen LogP contribution in [0.1, 0.15) is 31.9 Å². The van der Waals surface area contributed by atoms with Gasteiger partial charge in [-0.05, 0) is 37.2 Å². The molecule has 0 radical (unpaired) electrons. The minimum absolute atomic E-state index is 0.233. The first-order valence-electron chi connectivity index (χ1n) is 7.03. The number of aliphatic hydroxyl groups is 1. The first-order chi connectivity index (χ1) is 9.21. The highest BCUT2D eigenvalue weighted by Gasteiger charge is 2.12. The van der Waals surface area contributed by atoms with Crippen molar-refractivity contribution in [3.05, 3.63) is 34.3 Å². The number of rotatable bonds is 9. The maximum Gasteiger partial charge on any atom is 0.0558 e. The van der Waals surface area contributed by atoms with Crippen LogP contribution < -0.4 is 5.32 Å². The lowest BCUT2D eigenvalue weighted by Gasteiger charge is -2.24. The Labute approximate surface area is 125 Å². The van der Waals surface area contributed by atoms with Crippen molar-refractivity contribution in [2.75, 3.05) is 32.8 Å². The van der Waals surface area contributed by atoms with E-state index in [-0.39, 0.29) is 6.61 Å². The fourth-order valence-corrected chi connectivity index (χ4v) is 2.65. The highest BCUT2D eigenvalue weighted by atomic mass is 79.9. The Balaban J connectivity index is 2.62. The number of hydrogen-bond acceptors (Lipinski definition) is 3. The van der Waals surface area contributed by atoms with Crippen LogP contribution in [0.3, 0.4) is 0 Å². The molecule has 1 unspecified atom stereocenters. The molecule has 19 heavy (non-hydrogen) atoms. The summed E-state index contributed by atoms with van der Waals surface area (Å²) < 4.78 is 1.12. The zero-order valence-electron chi connectivity index (χ0n) is 11.9. The van der Waals surface area contributed by atoms with Gasteiger partial charge in [0, 0.05) is 23.6 Å². The largest absolute Gasteiger partial charge is 0.395 e. The van der Waals surface area contributed by atoms with E-state index < -0.39 is 0 Å². The summed E-state index contributed by atoms with van der Waals surface area (Å²) in [5.41, 5.74) is 1.32. The quantitative estimate of drug-likeness (QED) is 0.731. The summed E-state index contributed by atoms with van der Waals surface area (Å²) in [6, 6.07) is 8.84. The Morgan fingerprint density at radius 3 is 2.68 bits per heavy atom. The molecule has 1 atom stereocenters. The van der Waals surface area contributed by atoms with Crippen molar-refractivity contribution in [3.8, 4) is 0 Å². The zero-order valence-corrected chi connectivity index (χ0v) is 13.5. The zero-order chi connectivity index (χ0) is 14.1. The van der Waals surface area contributed by atoms with E-state index in [0.717, 1.165) is 37.1 Å². The summed E-state index contributed by atoms with van der Waals surface area (Å²) in [6.07, 6.45) is 1.05. The molecule has 108 valence electrons. The number of nitrogens with one attached hydrogen (secondary N) is 1. The Morgan fingerprint density at radius 1 is 1.32 bits per heavy atom. The maximum absolute atomic E-state index is 9.03. The van der Waals surface area contributed by atoms with Gasteiger partial charge in [-0.3, -0.25) is 0 Å². The molecule has 0 fully saturated rings. The molecule has 1 aromatic rings. The molecule has 0 amide bonds. The molecule has 0 spiro atoms. The van der Waals surface area contributed by atoms with Crippen LogP contribution in [0.2, 0.25) is 0 Å². The third-order valence-electron chi connectivity index (χ3n) is 3.30. The van der Waals surface area contributed by atoms with Gasteiger partial charge in [-0.25, -0.2) is 0 Å². The van der Waals surface area contributed by atoms with Crippen LogP contribution >= 0.6 is 15.9 Å². The number of likely N-dealkylation sites (N-methyl/N-ethyl adjacent to an activating group) is 1. The number of benzene rings is 1. The first kappa shape index (κ1) is 16.6. The summed E-state index contributed by atoms with van der Waals surface area (Å²) in [6.45, 7) is 8.21. The molecule has 2 N–H and O–H groups in total. The molecule has 1 aromatic carbocycles. The number of nitrogens with zero attached hydrogens (tertiary/aromatic N) is 1. The fourth-order valence-electron chi connectivity index (χ4n) is 2.24. The minimum Gasteiger partial charge on any atom is -0.395 e. The summed E-state index contributed by atoms with van der Waals surface area (Å²) in [7, 11) is 0. The normalized spacial score (nSPS) is 12.9. The average Bonchev–Trinajstić information content (AvgIpc) is 2.42. The monoisotopic (exact) mass is 328 g/mol. The van der Waals surface area contributed by atoms with Crippen LogP contribution in [0.4, 0.5) is 0 Å². The van der Waals surface area contributed by atoms with Crippen molar-refractivity contribution in [3.63, 3.8) is 0 Å². The predicted octanol–water partition coefficient (Wildman–Crippen LogP) is 2.80. The topological polar surface area (TPSA) is 35.5 Å². The van der Waals surface area contributed by atoms with E-state index in [1.54, 1.807) is 0 Å². The van der Waals surface area contributed by atoms with E-state index in [9.17, 15) is 0 Å². The van der Waals surface area contributed by atoms with Crippen LogP contribution in [0.25, 0.3) is 0 Å². The minimum atomic E-state index is 0.233. The lowest BCUT2D eigenvalue weighted by atomic mass is 10.0. The van der Waals surface area contributed by atoms with Crippen molar-refractivity contribution in [2.45, 2.75) is 26.3 Å². The second-order valence-electron chi connectivity index (χ2n) is 4.61. The lowest BCUT2D eigenvalue weighted by Crippen LogP contribution is -2.31. The van der Waals surface area contributed by atoms with Gasteiger partial charge < -0.3 is 15.3 Å². The van der Waals surface area contributed by atoms with Gasteiger partial charge in [0.1, 0.15) is 0 Å². The van der Waals surface area contributed by atoms with E-state index in [4.69, 9.17) is 5.11 Å². The van der Waals surface area contributed by atoms with Crippen molar-refractivity contribution in [2.24, 2.45) is 0 Å². The van der Waals surface area contributed by atoms with Crippen molar-refractivity contribution in [1.82, 2.24) is 10.2 Å². The molecule has 3 nitrogen and oxygen atoms in total. The van der Waals surface area contributed by atoms with Crippen LogP contribution in [0, 0.1) is 0 Å². The Bertz CT molecular complexity index is 360. The molecule has 0 saturated heterocycles. The molecule has 1 rings (SSSR count). The third kappa shape index (κ3) is 6.04. The molecule has 4 heteroatoms. The van der Waals surface area contributed by atoms with E-state index in [1.807, 2.05) is 0 Å². The van der Waals surface area contributed by atoms with Gasteiger partial charge in [-0.2, -0.15) is 0 Å². The standard InChI is InChI=1S/C15H25BrN2O/c1-3-17-15(8-9-18(4-2)10-11-19)13-6-5-7-14(16)12-13/h5-7,12,15,17,19H,3-4,8-11H2,1-2H3. The van der Waals surface area contributed by atoms with Crippen LogP contribution in [0.15, 0.2) is 28.7 Å². The third-order valence-corrected chi connectivity index (χ3v) is 3.79. The Morgan fingerprint density at radius 2 is 2.11 bits per heavy atom. The summed E-state index contributed by atoms with van der Waals surface area (Å²) in [4.78, 5) is 2.28. The number of halogens is 1. The van der Waals surface area contributed by atoms with Crippen molar-refractivity contribution < 1.29 is 5.11 Å². The van der Waals surface area contributed by atoms with Gasteiger partial charge in [0.15, 0.2) is 0 Å². The molecule has 0 aliphatic carbocycles. The summed E-state index contributed by atoms with van der Waals surface area (Å²) >= 11 is 3.53. The number of hydrogen-bond donors (Lipinski definition) is 2. The summed E-state index contributed by atoms with van der Waals surface area (Å²) in [5, 5.41) is 12.6. The smallest absolute Gasteiger partial charge is 0.0558 e. The van der Waals surface area contributed by atoms with E-state index in [1.165, 1.54) is 5.56 Å². The molecule has 0 saturated carbocycles. The molecule has 0 bridgehead atoms. The van der Waals surface area contributed by atoms with Gasteiger partial charge in [-0.15, -0.1) is 0 Å². The SMILES string of the molecule is CCNC(CCN(CC)CCO)c1cccc(Br)c1. The Kier molecular flexibility index (Phi) is 8.30. The van der Waals surface area contributed by atoms with E-state index in [2.05, 4.69) is 64.3 Å². The predicted molar refractivity (Wildman–Crippen MR) is 84.4 cm³/mol. The number of aliphatic hydroxyl groups excluding tert-OH is 1. The second-order valence-corrected chi connectivity index (χ2v) is 5.53. The van der Waals surface area contributed by atoms with Crippen molar-refractivity contribution >= 4 is 15.9 Å². The van der Waals surface area contributed by atoms with E-state index >= 15 is 0 Å². The molecule has 0 aliphatic heterocycles. The van der Waals surface area contributed by atoms with Crippen LogP contribution in [-0.4, -0.2) is 42.8 Å². The van der Waals surface area contributed by atoms with Crippen molar-refractivity contribution in [1.29, 1.82) is 0 Å². The molecule has 0 heterocycles. The van der Waals surface area contributed by atoms with E-state index in [0.29, 0.717) is 6.04 Å². The maximum atomic E-state index is 9.03. The van der Waals surface area contributed by atoms with Gasteiger partial charge in [0.25, 0.3) is 0 Å². The fraction of sp³-hybridized carbons (Fsp3) is 0.600. The van der Waals surface area contributed by atoms with Gasteiger partial charge in [-0.1, -0.05) is 41.9 Å². The highest BCUT2D eigenvalue weighted by Crippen LogP contribution is 2.21. The molecular formula is C15H25BrN2O. The Hall–Kier alpha value is -0.420. The molecule has 0 aliphatic rings. The van der Waals surface area contributed by atoms with Gasteiger partial charge >= 0.3 is 0 Å².